The summed E-state index contributed by atoms with van der Waals surface area (Å²) in [5.41, 5.74) is 10.4. The molecule has 2 aliphatic heterocycles. The highest BCUT2D eigenvalue weighted by molar-refractivity contribution is 5.81. The summed E-state index contributed by atoms with van der Waals surface area (Å²) in [4.78, 5) is 13.7. The van der Waals surface area contributed by atoms with Gasteiger partial charge in [0.2, 0.25) is 0 Å². The lowest BCUT2D eigenvalue weighted by Crippen LogP contribution is -2.33. The van der Waals surface area contributed by atoms with Crippen LogP contribution >= 0.6 is 0 Å². The number of anilines is 3. The normalized spacial score (nSPS) is 16.4. The van der Waals surface area contributed by atoms with Crippen molar-refractivity contribution in [1.29, 1.82) is 0 Å². The average Bonchev–Trinajstić information content (AvgIpc) is 3.22. The molecule has 0 saturated carbocycles. The second kappa shape index (κ2) is 9.34. The van der Waals surface area contributed by atoms with Crippen molar-refractivity contribution in [3.05, 3.63) is 47.7 Å². The third-order valence-electron chi connectivity index (χ3n) is 5.58. The van der Waals surface area contributed by atoms with Gasteiger partial charge in [-0.15, -0.1) is 0 Å². The van der Waals surface area contributed by atoms with Crippen molar-refractivity contribution in [2.75, 3.05) is 42.2 Å². The molecule has 3 heterocycles. The Kier molecular flexibility index (Phi) is 6.38. The number of rotatable bonds is 8. The first-order valence-electron chi connectivity index (χ1n) is 10.9. The SMILES string of the molecule is C=C1CN(Cc2cccc(CN3CCCC3)c2)c2nc(OCCCC)nc(N)c2N1. The zero-order valence-electron chi connectivity index (χ0n) is 17.9. The average molecular weight is 409 g/mol. The molecule has 2 aromatic rings. The first-order valence-corrected chi connectivity index (χ1v) is 10.9. The standard InChI is InChI=1S/C23H32N6O/c1-3-4-12-30-23-26-21(24)20-22(27-23)29(14-17(2)25-20)16-19-9-7-8-18(13-19)15-28-10-5-6-11-28/h7-9,13,25H,2-6,10-12,14-16H2,1H3,(H2,24,26,27). The number of nitrogen functional groups attached to an aromatic ring is 1. The molecule has 2 aliphatic rings. The highest BCUT2D eigenvalue weighted by atomic mass is 16.5. The molecule has 1 saturated heterocycles. The number of ether oxygens (including phenoxy) is 1. The third kappa shape index (κ3) is 4.84. The molecule has 0 amide bonds. The van der Waals surface area contributed by atoms with Crippen molar-refractivity contribution >= 4 is 17.3 Å². The Bertz CT molecular complexity index is 893. The fourth-order valence-electron chi connectivity index (χ4n) is 4.06. The van der Waals surface area contributed by atoms with Crippen LogP contribution in [0.15, 0.2) is 36.5 Å². The van der Waals surface area contributed by atoms with Gasteiger partial charge in [0.15, 0.2) is 11.6 Å². The Labute approximate surface area is 178 Å². The molecule has 160 valence electrons. The number of hydrogen-bond acceptors (Lipinski definition) is 7. The first kappa shape index (κ1) is 20.5. The molecule has 1 aromatic heterocycles. The number of benzene rings is 1. The number of hydrogen-bond donors (Lipinski definition) is 2. The molecule has 30 heavy (non-hydrogen) atoms. The van der Waals surface area contributed by atoms with Crippen LogP contribution in [0.1, 0.15) is 43.7 Å². The fraction of sp³-hybridized carbons (Fsp3) is 0.478. The minimum atomic E-state index is 0.335. The van der Waals surface area contributed by atoms with Gasteiger partial charge in [0.1, 0.15) is 5.69 Å². The molecule has 0 unspecified atom stereocenters. The smallest absolute Gasteiger partial charge is 0.320 e. The van der Waals surface area contributed by atoms with Gasteiger partial charge < -0.3 is 20.7 Å². The van der Waals surface area contributed by atoms with E-state index in [9.17, 15) is 0 Å². The molecule has 1 fully saturated rings. The number of nitrogens with zero attached hydrogens (tertiary/aromatic N) is 4. The maximum absolute atomic E-state index is 6.21. The summed E-state index contributed by atoms with van der Waals surface area (Å²) < 4.78 is 5.73. The lowest BCUT2D eigenvalue weighted by atomic mass is 10.1. The van der Waals surface area contributed by atoms with Gasteiger partial charge >= 0.3 is 6.01 Å². The third-order valence-corrected chi connectivity index (χ3v) is 5.58. The van der Waals surface area contributed by atoms with Crippen LogP contribution in [-0.2, 0) is 13.1 Å². The van der Waals surface area contributed by atoms with Crippen molar-refractivity contribution in [2.45, 2.75) is 45.7 Å². The zero-order valence-corrected chi connectivity index (χ0v) is 17.9. The van der Waals surface area contributed by atoms with Gasteiger partial charge in [0.25, 0.3) is 0 Å². The van der Waals surface area contributed by atoms with E-state index < -0.39 is 0 Å². The van der Waals surface area contributed by atoms with Crippen molar-refractivity contribution in [3.63, 3.8) is 0 Å². The van der Waals surface area contributed by atoms with Gasteiger partial charge in [0.05, 0.1) is 13.2 Å². The van der Waals surface area contributed by atoms with Gasteiger partial charge in [-0.1, -0.05) is 44.2 Å². The van der Waals surface area contributed by atoms with Crippen molar-refractivity contribution in [1.82, 2.24) is 14.9 Å². The Balaban J connectivity index is 1.54. The van der Waals surface area contributed by atoms with E-state index in [1.54, 1.807) is 0 Å². The molecule has 7 heteroatoms. The Morgan fingerprint density at radius 3 is 2.70 bits per heavy atom. The first-order chi connectivity index (χ1) is 14.6. The van der Waals surface area contributed by atoms with E-state index in [1.807, 2.05) is 0 Å². The molecule has 0 aliphatic carbocycles. The van der Waals surface area contributed by atoms with Gasteiger partial charge in [-0.2, -0.15) is 9.97 Å². The van der Waals surface area contributed by atoms with Crippen LogP contribution in [0.5, 0.6) is 6.01 Å². The molecule has 0 bridgehead atoms. The number of unbranched alkanes of at least 4 members (excludes halogenated alkanes) is 1. The van der Waals surface area contributed by atoms with E-state index in [4.69, 9.17) is 10.5 Å². The molecule has 0 atom stereocenters. The summed E-state index contributed by atoms with van der Waals surface area (Å²) in [5, 5.41) is 3.25. The number of aromatic nitrogens is 2. The van der Waals surface area contributed by atoms with Gasteiger partial charge in [-0.3, -0.25) is 4.90 Å². The highest BCUT2D eigenvalue weighted by Crippen LogP contribution is 2.36. The lowest BCUT2D eigenvalue weighted by Gasteiger charge is -2.32. The number of likely N-dealkylation sites (tertiary alicyclic amines) is 1. The second-order valence-corrected chi connectivity index (χ2v) is 8.18. The molecule has 7 nitrogen and oxygen atoms in total. The predicted molar refractivity (Wildman–Crippen MR) is 122 cm³/mol. The van der Waals surface area contributed by atoms with E-state index >= 15 is 0 Å². The quantitative estimate of drug-likeness (QED) is 0.644. The summed E-state index contributed by atoms with van der Waals surface area (Å²) >= 11 is 0. The Hall–Kier alpha value is -2.80. The Morgan fingerprint density at radius 1 is 1.17 bits per heavy atom. The summed E-state index contributed by atoms with van der Waals surface area (Å²) in [5.74, 6) is 1.16. The molecule has 0 spiro atoms. The molecule has 0 radical (unpaired) electrons. The molecular weight excluding hydrogens is 376 g/mol. The molecule has 4 rings (SSSR count). The van der Waals surface area contributed by atoms with Gasteiger partial charge in [0, 0.05) is 18.8 Å². The number of nitrogens with two attached hydrogens (primary N) is 1. The van der Waals surface area contributed by atoms with E-state index in [-0.39, 0.29) is 0 Å². The van der Waals surface area contributed by atoms with Crippen LogP contribution in [0.25, 0.3) is 0 Å². The van der Waals surface area contributed by atoms with E-state index in [2.05, 4.69) is 62.9 Å². The van der Waals surface area contributed by atoms with Crippen molar-refractivity contribution in [3.8, 4) is 6.01 Å². The Morgan fingerprint density at radius 2 is 1.93 bits per heavy atom. The maximum Gasteiger partial charge on any atom is 0.320 e. The van der Waals surface area contributed by atoms with Crippen LogP contribution < -0.4 is 20.7 Å². The van der Waals surface area contributed by atoms with Crippen LogP contribution in [0.4, 0.5) is 17.3 Å². The molecule has 3 N–H and O–H groups in total. The predicted octanol–water partition coefficient (Wildman–Crippen LogP) is 3.78. The lowest BCUT2D eigenvalue weighted by molar-refractivity contribution is 0.286. The van der Waals surface area contributed by atoms with Gasteiger partial charge in [-0.05, 0) is 43.5 Å². The van der Waals surface area contributed by atoms with Crippen LogP contribution in [0, 0.1) is 0 Å². The summed E-state index contributed by atoms with van der Waals surface area (Å²) in [6.07, 6.45) is 4.64. The zero-order chi connectivity index (χ0) is 20.9. The number of nitrogens with one attached hydrogen (secondary N) is 1. The van der Waals surface area contributed by atoms with Gasteiger partial charge in [-0.25, -0.2) is 0 Å². The fourth-order valence-corrected chi connectivity index (χ4v) is 4.06. The van der Waals surface area contributed by atoms with Crippen LogP contribution in [0.3, 0.4) is 0 Å². The monoisotopic (exact) mass is 408 g/mol. The van der Waals surface area contributed by atoms with Crippen LogP contribution in [-0.4, -0.2) is 41.1 Å². The largest absolute Gasteiger partial charge is 0.463 e. The van der Waals surface area contributed by atoms with E-state index in [0.717, 1.165) is 37.4 Å². The minimum absolute atomic E-state index is 0.335. The summed E-state index contributed by atoms with van der Waals surface area (Å²) in [6, 6.07) is 9.16. The summed E-state index contributed by atoms with van der Waals surface area (Å²) in [7, 11) is 0. The second-order valence-electron chi connectivity index (χ2n) is 8.18. The summed E-state index contributed by atoms with van der Waals surface area (Å²) in [6.45, 7) is 11.6. The number of fused-ring (bicyclic) bond motifs is 1. The van der Waals surface area contributed by atoms with Crippen molar-refractivity contribution in [2.24, 2.45) is 0 Å². The topological polar surface area (TPSA) is 79.5 Å². The van der Waals surface area contributed by atoms with E-state index in [1.165, 1.54) is 37.1 Å². The molecular formula is C23H32N6O. The minimum Gasteiger partial charge on any atom is -0.463 e. The van der Waals surface area contributed by atoms with Crippen LogP contribution in [0.2, 0.25) is 0 Å². The molecule has 1 aromatic carbocycles. The highest BCUT2D eigenvalue weighted by Gasteiger charge is 2.25. The maximum atomic E-state index is 6.21. The van der Waals surface area contributed by atoms with Crippen molar-refractivity contribution < 1.29 is 4.74 Å². The van der Waals surface area contributed by atoms with E-state index in [0.29, 0.717) is 30.7 Å².